The number of hydrogen-bond donors (Lipinski definition) is 3. The van der Waals surface area contributed by atoms with E-state index in [0.29, 0.717) is 18.3 Å². The first-order chi connectivity index (χ1) is 14.8. The van der Waals surface area contributed by atoms with Crippen molar-refractivity contribution >= 4 is 23.4 Å². The predicted molar refractivity (Wildman–Crippen MR) is 111 cm³/mol. The van der Waals surface area contributed by atoms with Gasteiger partial charge in [0.05, 0.1) is 11.6 Å². The van der Waals surface area contributed by atoms with E-state index in [1.54, 1.807) is 12.1 Å². The van der Waals surface area contributed by atoms with Crippen LogP contribution in [0.4, 0.5) is 14.5 Å². The summed E-state index contributed by atoms with van der Waals surface area (Å²) in [6, 6.07) is 9.61. The van der Waals surface area contributed by atoms with E-state index < -0.39 is 17.5 Å². The van der Waals surface area contributed by atoms with Crippen molar-refractivity contribution in [2.75, 3.05) is 18.4 Å². The molecule has 0 spiro atoms. The molecule has 1 unspecified atom stereocenters. The standard InChI is InChI=1S/C22H24F2N4O3/c23-15-7-8-16(17(24)12-15)22(31)26-10-9-20(29)27-18-5-2-1-4-14(18)13-28-11-3-6-19(28)21(25)30/h1-2,4-5,7-8,12,19H,3,6,9-11,13H2,(H2,25,30)(H,26,31)(H,27,29). The number of primary amides is 1. The van der Waals surface area contributed by atoms with Crippen molar-refractivity contribution < 1.29 is 23.2 Å². The number of para-hydroxylation sites is 1. The minimum Gasteiger partial charge on any atom is -0.368 e. The molecule has 0 aromatic heterocycles. The Morgan fingerprint density at radius 2 is 1.90 bits per heavy atom. The number of rotatable bonds is 8. The lowest BCUT2D eigenvalue weighted by molar-refractivity contribution is -0.122. The SMILES string of the molecule is NC(=O)C1CCCN1Cc1ccccc1NC(=O)CCNC(=O)c1ccc(F)cc1F. The monoisotopic (exact) mass is 430 g/mol. The van der Waals surface area contributed by atoms with Crippen LogP contribution in [0.15, 0.2) is 42.5 Å². The highest BCUT2D eigenvalue weighted by Crippen LogP contribution is 2.23. The third-order valence-corrected chi connectivity index (χ3v) is 5.17. The largest absolute Gasteiger partial charge is 0.368 e. The molecule has 0 bridgehead atoms. The third kappa shape index (κ3) is 5.85. The minimum absolute atomic E-state index is 0.0144. The zero-order valence-electron chi connectivity index (χ0n) is 16.9. The van der Waals surface area contributed by atoms with Gasteiger partial charge in [0.1, 0.15) is 11.6 Å². The molecule has 2 aromatic rings. The Labute approximate surface area is 178 Å². The molecule has 3 amide bonds. The van der Waals surface area contributed by atoms with Gasteiger partial charge in [-0.25, -0.2) is 8.78 Å². The van der Waals surface area contributed by atoms with Gasteiger partial charge in [0.25, 0.3) is 5.91 Å². The molecule has 0 saturated carbocycles. The Balaban J connectivity index is 1.54. The fourth-order valence-electron chi connectivity index (χ4n) is 3.61. The van der Waals surface area contributed by atoms with Gasteiger partial charge in [0, 0.05) is 31.3 Å². The second-order valence-corrected chi connectivity index (χ2v) is 7.37. The van der Waals surface area contributed by atoms with Gasteiger partial charge in [-0.2, -0.15) is 0 Å². The lowest BCUT2D eigenvalue weighted by atomic mass is 10.1. The van der Waals surface area contributed by atoms with Gasteiger partial charge in [0.15, 0.2) is 0 Å². The number of hydrogen-bond acceptors (Lipinski definition) is 4. The van der Waals surface area contributed by atoms with Gasteiger partial charge in [-0.3, -0.25) is 19.3 Å². The van der Waals surface area contributed by atoms with E-state index in [1.165, 1.54) is 0 Å². The maximum absolute atomic E-state index is 13.7. The number of nitrogens with one attached hydrogen (secondary N) is 2. The Morgan fingerprint density at radius 1 is 1.13 bits per heavy atom. The van der Waals surface area contributed by atoms with Crippen molar-refractivity contribution in [3.63, 3.8) is 0 Å². The first kappa shape index (κ1) is 22.4. The number of halogens is 2. The second-order valence-electron chi connectivity index (χ2n) is 7.37. The van der Waals surface area contributed by atoms with Crippen LogP contribution in [-0.2, 0) is 16.1 Å². The molecule has 31 heavy (non-hydrogen) atoms. The average Bonchev–Trinajstić information content (AvgIpc) is 3.18. The molecule has 164 valence electrons. The number of benzene rings is 2. The first-order valence-corrected chi connectivity index (χ1v) is 9.99. The molecule has 4 N–H and O–H groups in total. The molecule has 0 radical (unpaired) electrons. The quantitative estimate of drug-likeness (QED) is 0.597. The topological polar surface area (TPSA) is 105 Å². The lowest BCUT2D eigenvalue weighted by Gasteiger charge is -2.23. The summed E-state index contributed by atoms with van der Waals surface area (Å²) in [6.45, 7) is 1.21. The van der Waals surface area contributed by atoms with E-state index >= 15 is 0 Å². The van der Waals surface area contributed by atoms with E-state index in [9.17, 15) is 23.2 Å². The number of anilines is 1. The summed E-state index contributed by atoms with van der Waals surface area (Å²) in [5.41, 5.74) is 6.64. The summed E-state index contributed by atoms with van der Waals surface area (Å²) < 4.78 is 26.6. The maximum Gasteiger partial charge on any atom is 0.254 e. The highest BCUT2D eigenvalue weighted by molar-refractivity contribution is 5.95. The van der Waals surface area contributed by atoms with Gasteiger partial charge < -0.3 is 16.4 Å². The molecular weight excluding hydrogens is 406 g/mol. The van der Waals surface area contributed by atoms with Crippen LogP contribution in [0, 0.1) is 11.6 Å². The molecule has 9 heteroatoms. The van der Waals surface area contributed by atoms with Gasteiger partial charge in [0.2, 0.25) is 11.8 Å². The van der Waals surface area contributed by atoms with Crippen LogP contribution in [0.25, 0.3) is 0 Å². The summed E-state index contributed by atoms with van der Waals surface area (Å²) in [4.78, 5) is 37.9. The van der Waals surface area contributed by atoms with E-state index in [4.69, 9.17) is 5.73 Å². The van der Waals surface area contributed by atoms with Gasteiger partial charge in [-0.15, -0.1) is 0 Å². The van der Waals surface area contributed by atoms with Crippen molar-refractivity contribution in [2.24, 2.45) is 5.73 Å². The van der Waals surface area contributed by atoms with Gasteiger partial charge >= 0.3 is 0 Å². The van der Waals surface area contributed by atoms with Gasteiger partial charge in [-0.1, -0.05) is 18.2 Å². The smallest absolute Gasteiger partial charge is 0.254 e. The molecule has 1 aliphatic rings. The predicted octanol–water partition coefficient (Wildman–Crippen LogP) is 2.17. The van der Waals surface area contributed by atoms with E-state index in [0.717, 1.165) is 37.1 Å². The van der Waals surface area contributed by atoms with Gasteiger partial charge in [-0.05, 0) is 43.1 Å². The van der Waals surface area contributed by atoms with Crippen LogP contribution in [0.2, 0.25) is 0 Å². The molecule has 1 saturated heterocycles. The highest BCUT2D eigenvalue weighted by Gasteiger charge is 2.29. The highest BCUT2D eigenvalue weighted by atomic mass is 19.1. The Bertz CT molecular complexity index is 983. The molecule has 2 aromatic carbocycles. The summed E-state index contributed by atoms with van der Waals surface area (Å²) in [5, 5.41) is 5.25. The van der Waals surface area contributed by atoms with E-state index in [-0.39, 0.29) is 36.4 Å². The van der Waals surface area contributed by atoms with Crippen LogP contribution in [0.1, 0.15) is 35.2 Å². The summed E-state index contributed by atoms with van der Waals surface area (Å²) in [6.07, 6.45) is 1.57. The van der Waals surface area contributed by atoms with Crippen LogP contribution in [-0.4, -0.2) is 41.8 Å². The Kier molecular flexibility index (Phi) is 7.30. The van der Waals surface area contributed by atoms with Crippen molar-refractivity contribution in [1.29, 1.82) is 0 Å². The molecule has 1 aliphatic heterocycles. The second kappa shape index (κ2) is 10.1. The summed E-state index contributed by atoms with van der Waals surface area (Å²) >= 11 is 0. The van der Waals surface area contributed by atoms with Crippen molar-refractivity contribution in [2.45, 2.75) is 31.8 Å². The van der Waals surface area contributed by atoms with Crippen LogP contribution in [0.5, 0.6) is 0 Å². The fourth-order valence-corrected chi connectivity index (χ4v) is 3.61. The molecule has 7 nitrogen and oxygen atoms in total. The number of likely N-dealkylation sites (tertiary alicyclic amines) is 1. The number of carbonyl (C=O) groups excluding carboxylic acids is 3. The van der Waals surface area contributed by atoms with Crippen LogP contribution < -0.4 is 16.4 Å². The zero-order chi connectivity index (χ0) is 22.4. The van der Waals surface area contributed by atoms with Crippen molar-refractivity contribution in [1.82, 2.24) is 10.2 Å². The van der Waals surface area contributed by atoms with Crippen molar-refractivity contribution in [3.05, 3.63) is 65.2 Å². The maximum atomic E-state index is 13.7. The lowest BCUT2D eigenvalue weighted by Crippen LogP contribution is -2.39. The zero-order valence-corrected chi connectivity index (χ0v) is 16.9. The molecule has 1 heterocycles. The molecule has 1 fully saturated rings. The Morgan fingerprint density at radius 3 is 2.65 bits per heavy atom. The molecule has 3 rings (SSSR count). The fraction of sp³-hybridized carbons (Fsp3) is 0.318. The number of nitrogens with two attached hydrogens (primary N) is 1. The number of amides is 3. The third-order valence-electron chi connectivity index (χ3n) is 5.17. The molecule has 1 atom stereocenters. The van der Waals surface area contributed by atoms with E-state index in [1.807, 2.05) is 17.0 Å². The normalized spacial score (nSPS) is 16.1. The minimum atomic E-state index is -0.966. The molecular formula is C22H24F2N4O3. The summed E-state index contributed by atoms with van der Waals surface area (Å²) in [5.74, 6) is -3.15. The number of carbonyl (C=O) groups is 3. The summed E-state index contributed by atoms with van der Waals surface area (Å²) in [7, 11) is 0. The van der Waals surface area contributed by atoms with Crippen LogP contribution in [0.3, 0.4) is 0 Å². The molecule has 0 aliphatic carbocycles. The first-order valence-electron chi connectivity index (χ1n) is 9.99. The number of nitrogens with zero attached hydrogens (tertiary/aromatic N) is 1. The van der Waals surface area contributed by atoms with Crippen LogP contribution >= 0.6 is 0 Å². The Hall–Kier alpha value is -3.33. The average molecular weight is 430 g/mol. The van der Waals surface area contributed by atoms with E-state index in [2.05, 4.69) is 10.6 Å². The van der Waals surface area contributed by atoms with Crippen molar-refractivity contribution in [3.8, 4) is 0 Å².